The smallest absolute Gasteiger partial charge is 0.222 e. The first-order chi connectivity index (χ1) is 14.3. The summed E-state index contributed by atoms with van der Waals surface area (Å²) in [5.41, 5.74) is 4.47. The largest absolute Gasteiger partial charge is 0.496 e. The number of aliphatic imine (C=N–C) groups is 3. The van der Waals surface area contributed by atoms with Crippen LogP contribution in [0.3, 0.4) is 0 Å². The second-order valence-corrected chi connectivity index (χ2v) is 6.52. The molecule has 2 aliphatic heterocycles. The van der Waals surface area contributed by atoms with Crippen molar-refractivity contribution < 1.29 is 9.47 Å². The van der Waals surface area contributed by atoms with Crippen LogP contribution >= 0.6 is 0 Å². The first-order valence-corrected chi connectivity index (χ1v) is 9.14. The molecule has 142 valence electrons. The first kappa shape index (κ1) is 17.1. The predicted octanol–water partition coefficient (Wildman–Crippen LogP) is 4.12. The molecule has 0 atom stereocenters. The number of ether oxygens (including phenoxy) is 2. The zero-order chi connectivity index (χ0) is 19.6. The molecular weight excluding hydrogens is 366 g/mol. The number of imidazole rings is 1. The molecule has 0 saturated carbocycles. The topological polar surface area (TPSA) is 84.2 Å². The number of para-hydroxylation sites is 1. The Labute approximate surface area is 167 Å². The van der Waals surface area contributed by atoms with Gasteiger partial charge < -0.3 is 14.5 Å². The summed E-state index contributed by atoms with van der Waals surface area (Å²) in [5.74, 6) is 2.42. The van der Waals surface area contributed by atoms with Gasteiger partial charge in [-0.1, -0.05) is 18.2 Å². The van der Waals surface area contributed by atoms with Gasteiger partial charge >= 0.3 is 0 Å². The lowest BCUT2D eigenvalue weighted by atomic mass is 9.98. The molecule has 0 fully saturated rings. The highest BCUT2D eigenvalue weighted by atomic mass is 16.5. The summed E-state index contributed by atoms with van der Waals surface area (Å²) in [7, 11) is 1.64. The van der Waals surface area contributed by atoms with Gasteiger partial charge in [0.15, 0.2) is 5.84 Å². The number of H-pyrrole nitrogens is 1. The van der Waals surface area contributed by atoms with Gasteiger partial charge in [0, 0.05) is 30.3 Å². The molecular formula is C22H17N5O2. The summed E-state index contributed by atoms with van der Waals surface area (Å²) in [6.07, 6.45) is 7.47. The van der Waals surface area contributed by atoms with Crippen LogP contribution in [0.4, 0.5) is 5.69 Å². The van der Waals surface area contributed by atoms with E-state index >= 15 is 0 Å². The molecule has 0 bridgehead atoms. The maximum atomic E-state index is 5.86. The Balaban J connectivity index is 1.54. The van der Waals surface area contributed by atoms with E-state index in [0.717, 1.165) is 28.2 Å². The molecule has 2 aromatic carbocycles. The molecule has 0 radical (unpaired) electrons. The van der Waals surface area contributed by atoms with E-state index in [4.69, 9.17) is 14.5 Å². The second-order valence-electron chi connectivity index (χ2n) is 6.52. The normalized spacial score (nSPS) is 14.7. The van der Waals surface area contributed by atoms with Gasteiger partial charge in [-0.15, -0.1) is 0 Å². The average Bonchev–Trinajstić information content (AvgIpc) is 3.21. The quantitative estimate of drug-likeness (QED) is 0.738. The van der Waals surface area contributed by atoms with Crippen LogP contribution in [0.5, 0.6) is 11.5 Å². The number of aromatic amines is 1. The molecule has 29 heavy (non-hydrogen) atoms. The number of fused-ring (bicyclic) bond motifs is 2. The Morgan fingerprint density at radius 1 is 1.07 bits per heavy atom. The highest BCUT2D eigenvalue weighted by molar-refractivity contribution is 6.45. The van der Waals surface area contributed by atoms with Crippen LogP contribution in [-0.2, 0) is 6.42 Å². The molecule has 7 nitrogen and oxygen atoms in total. The monoisotopic (exact) mass is 383 g/mol. The fraction of sp³-hybridized carbons (Fsp3) is 0.0909. The van der Waals surface area contributed by atoms with Crippen molar-refractivity contribution in [3.63, 3.8) is 0 Å². The Kier molecular flexibility index (Phi) is 4.25. The highest BCUT2D eigenvalue weighted by Gasteiger charge is 2.23. The Hall–Kier alpha value is -4.00. The number of hydrogen-bond donors (Lipinski definition) is 1. The lowest BCUT2D eigenvalue weighted by molar-refractivity contribution is 0.416. The molecule has 0 unspecified atom stereocenters. The third-order valence-corrected chi connectivity index (χ3v) is 4.66. The maximum Gasteiger partial charge on any atom is 0.222 e. The van der Waals surface area contributed by atoms with E-state index in [2.05, 4.69) is 26.0 Å². The lowest BCUT2D eigenvalue weighted by Crippen LogP contribution is -2.20. The molecule has 0 aliphatic carbocycles. The number of amidine groups is 1. The molecule has 1 aromatic heterocycles. The van der Waals surface area contributed by atoms with Crippen molar-refractivity contribution in [1.29, 1.82) is 0 Å². The average molecular weight is 383 g/mol. The molecule has 0 saturated heterocycles. The van der Waals surface area contributed by atoms with Crippen molar-refractivity contribution in [2.75, 3.05) is 7.11 Å². The second kappa shape index (κ2) is 7.20. The van der Waals surface area contributed by atoms with Crippen LogP contribution in [-0.4, -0.2) is 34.5 Å². The number of methoxy groups -OCH3 is 1. The highest BCUT2D eigenvalue weighted by Crippen LogP contribution is 2.37. The fourth-order valence-corrected chi connectivity index (χ4v) is 3.27. The van der Waals surface area contributed by atoms with E-state index in [1.807, 2.05) is 36.4 Å². The third kappa shape index (κ3) is 3.34. The molecule has 0 spiro atoms. The van der Waals surface area contributed by atoms with Crippen molar-refractivity contribution in [2.45, 2.75) is 6.42 Å². The number of nitrogens with one attached hydrogen (secondary N) is 1. The van der Waals surface area contributed by atoms with E-state index < -0.39 is 0 Å². The van der Waals surface area contributed by atoms with Gasteiger partial charge in [0.1, 0.15) is 11.5 Å². The van der Waals surface area contributed by atoms with Gasteiger partial charge in [-0.05, 0) is 23.8 Å². The molecule has 3 heterocycles. The van der Waals surface area contributed by atoms with Crippen LogP contribution in [0, 0.1) is 0 Å². The van der Waals surface area contributed by atoms with Crippen molar-refractivity contribution in [3.05, 3.63) is 72.8 Å². The van der Waals surface area contributed by atoms with E-state index in [1.54, 1.807) is 31.9 Å². The van der Waals surface area contributed by atoms with Crippen molar-refractivity contribution in [2.24, 2.45) is 15.0 Å². The van der Waals surface area contributed by atoms with E-state index in [0.29, 0.717) is 29.7 Å². The van der Waals surface area contributed by atoms with Crippen LogP contribution in [0.15, 0.2) is 82.2 Å². The first-order valence-electron chi connectivity index (χ1n) is 9.14. The van der Waals surface area contributed by atoms with Gasteiger partial charge in [0.05, 0.1) is 36.7 Å². The predicted molar refractivity (Wildman–Crippen MR) is 112 cm³/mol. The maximum absolute atomic E-state index is 5.86. The zero-order valence-electron chi connectivity index (χ0n) is 15.7. The summed E-state index contributed by atoms with van der Waals surface area (Å²) in [5, 5.41) is 0. The minimum Gasteiger partial charge on any atom is -0.496 e. The molecule has 0 amide bonds. The summed E-state index contributed by atoms with van der Waals surface area (Å²) in [6.45, 7) is 0. The molecule has 3 aromatic rings. The summed E-state index contributed by atoms with van der Waals surface area (Å²) >= 11 is 0. The van der Waals surface area contributed by atoms with Crippen LogP contribution in [0.2, 0.25) is 0 Å². The van der Waals surface area contributed by atoms with E-state index in [1.165, 1.54) is 0 Å². The number of hydrogen-bond acceptors (Lipinski definition) is 6. The minimum absolute atomic E-state index is 0.443. The van der Waals surface area contributed by atoms with Crippen molar-refractivity contribution in [1.82, 2.24) is 9.97 Å². The Bertz CT molecular complexity index is 1180. The van der Waals surface area contributed by atoms with Gasteiger partial charge in [-0.2, -0.15) is 4.99 Å². The standard InChI is InChI=1S/C22H17N5O2/c1-28-20-11-17-14(9-16(20)19-12-23-13-25-19)10-18-22(26-17)27-21(7-8-24-18)29-15-5-3-2-4-6-15/h2-9,11-13H,10H2,1H3,(H,23,25). The van der Waals surface area contributed by atoms with Gasteiger partial charge in [0.25, 0.3) is 0 Å². The molecule has 5 rings (SSSR count). The lowest BCUT2D eigenvalue weighted by Gasteiger charge is -2.18. The fourth-order valence-electron chi connectivity index (χ4n) is 3.27. The van der Waals surface area contributed by atoms with Crippen LogP contribution < -0.4 is 9.47 Å². The van der Waals surface area contributed by atoms with Gasteiger partial charge in [0.2, 0.25) is 5.90 Å². The van der Waals surface area contributed by atoms with Gasteiger partial charge in [-0.25, -0.2) is 9.98 Å². The third-order valence-electron chi connectivity index (χ3n) is 4.66. The summed E-state index contributed by atoms with van der Waals surface area (Å²) in [6, 6.07) is 13.5. The Morgan fingerprint density at radius 3 is 2.76 bits per heavy atom. The van der Waals surface area contributed by atoms with Crippen LogP contribution in [0.1, 0.15) is 5.56 Å². The Morgan fingerprint density at radius 2 is 1.97 bits per heavy atom. The SMILES string of the molecule is COc1cc2c(cc1-c1cnc[nH]1)CC1=NC=CC(Oc3ccccc3)=NC1=N2. The van der Waals surface area contributed by atoms with Crippen molar-refractivity contribution in [3.8, 4) is 22.8 Å². The number of rotatable bonds is 3. The van der Waals surface area contributed by atoms with Gasteiger partial charge in [-0.3, -0.25) is 4.99 Å². The van der Waals surface area contributed by atoms with Crippen LogP contribution in [0.25, 0.3) is 11.3 Å². The minimum atomic E-state index is 0.443. The summed E-state index contributed by atoms with van der Waals surface area (Å²) in [4.78, 5) is 21.1. The van der Waals surface area contributed by atoms with E-state index in [9.17, 15) is 0 Å². The molecule has 7 heteroatoms. The zero-order valence-corrected chi connectivity index (χ0v) is 15.7. The van der Waals surface area contributed by atoms with E-state index in [-0.39, 0.29) is 0 Å². The number of aromatic nitrogens is 2. The number of nitrogens with zero attached hydrogens (tertiary/aromatic N) is 4. The number of benzene rings is 2. The molecule has 2 aliphatic rings. The molecule has 1 N–H and O–H groups in total. The summed E-state index contributed by atoms with van der Waals surface area (Å²) < 4.78 is 11.4. The van der Waals surface area contributed by atoms with Crippen molar-refractivity contribution >= 4 is 23.1 Å².